The van der Waals surface area contributed by atoms with E-state index in [9.17, 15) is 4.79 Å². The van der Waals surface area contributed by atoms with Gasteiger partial charge < -0.3 is 15.3 Å². The second-order valence-electron chi connectivity index (χ2n) is 4.66. The van der Waals surface area contributed by atoms with Crippen LogP contribution in [0, 0.1) is 0 Å². The minimum Gasteiger partial charge on any atom is -0.411 e. The number of benzene rings is 1. The van der Waals surface area contributed by atoms with Crippen molar-refractivity contribution in [2.75, 3.05) is 11.9 Å². The lowest BCUT2D eigenvalue weighted by atomic mass is 10.1. The Morgan fingerprint density at radius 3 is 2.83 bits per heavy atom. The number of carbonyl (C=O) groups is 1. The average molecular weight is 248 g/mol. The summed E-state index contributed by atoms with van der Waals surface area (Å²) < 4.78 is 5.52. The Morgan fingerprint density at radius 1 is 1.39 bits per heavy atom. The van der Waals surface area contributed by atoms with Crippen LogP contribution in [-0.4, -0.2) is 29.0 Å². The average Bonchev–Trinajstić information content (AvgIpc) is 2.39. The molecular formula is C13H16N2O3. The standard InChI is InChI=1S/C13H16N2O3/c1-13(2)12(16)14-10-6-4-3-5-9(10)11(15-17)7-8-18-13/h3-6,17H,7-8H2,1-2H3,(H,14,16)/b15-11+. The number of carbonyl (C=O) groups excluding carboxylic acids is 1. The van der Waals surface area contributed by atoms with Gasteiger partial charge in [-0.1, -0.05) is 23.4 Å². The summed E-state index contributed by atoms with van der Waals surface area (Å²) in [5.41, 5.74) is 0.949. The summed E-state index contributed by atoms with van der Waals surface area (Å²) in [7, 11) is 0. The quantitative estimate of drug-likeness (QED) is 0.545. The molecule has 1 heterocycles. The van der Waals surface area contributed by atoms with Crippen molar-refractivity contribution in [3.63, 3.8) is 0 Å². The fourth-order valence-corrected chi connectivity index (χ4v) is 1.82. The zero-order chi connectivity index (χ0) is 13.2. The van der Waals surface area contributed by atoms with Crippen LogP contribution >= 0.6 is 0 Å². The third kappa shape index (κ3) is 2.36. The highest BCUT2D eigenvalue weighted by atomic mass is 16.5. The van der Waals surface area contributed by atoms with Gasteiger partial charge in [0.2, 0.25) is 0 Å². The summed E-state index contributed by atoms with van der Waals surface area (Å²) in [5, 5.41) is 15.2. The molecule has 0 spiro atoms. The van der Waals surface area contributed by atoms with Crippen LogP contribution in [0.2, 0.25) is 0 Å². The van der Waals surface area contributed by atoms with Crippen molar-refractivity contribution in [1.82, 2.24) is 0 Å². The smallest absolute Gasteiger partial charge is 0.256 e. The van der Waals surface area contributed by atoms with Crippen LogP contribution in [0.4, 0.5) is 5.69 Å². The van der Waals surface area contributed by atoms with Gasteiger partial charge in [0.25, 0.3) is 5.91 Å². The number of nitrogens with zero attached hydrogens (tertiary/aromatic N) is 1. The van der Waals surface area contributed by atoms with Gasteiger partial charge in [-0.3, -0.25) is 4.79 Å². The number of hydrogen-bond donors (Lipinski definition) is 2. The van der Waals surface area contributed by atoms with E-state index >= 15 is 0 Å². The van der Waals surface area contributed by atoms with E-state index in [1.54, 1.807) is 19.9 Å². The van der Waals surface area contributed by atoms with E-state index in [-0.39, 0.29) is 5.91 Å². The van der Waals surface area contributed by atoms with Gasteiger partial charge in [-0.2, -0.15) is 0 Å². The summed E-state index contributed by atoms with van der Waals surface area (Å²) in [6.07, 6.45) is 0.450. The molecule has 2 N–H and O–H groups in total. The topological polar surface area (TPSA) is 70.9 Å². The molecule has 0 aliphatic carbocycles. The molecule has 1 amide bonds. The molecule has 5 heteroatoms. The van der Waals surface area contributed by atoms with Crippen molar-refractivity contribution in [1.29, 1.82) is 0 Å². The van der Waals surface area contributed by atoms with E-state index in [1.807, 2.05) is 18.2 Å². The van der Waals surface area contributed by atoms with Crippen molar-refractivity contribution < 1.29 is 14.7 Å². The van der Waals surface area contributed by atoms with E-state index in [0.29, 0.717) is 24.4 Å². The normalized spacial score (nSPS) is 21.4. The summed E-state index contributed by atoms with van der Waals surface area (Å²) in [4.78, 5) is 12.1. The molecule has 96 valence electrons. The first kappa shape index (κ1) is 12.6. The van der Waals surface area contributed by atoms with E-state index < -0.39 is 5.60 Å². The van der Waals surface area contributed by atoms with Gasteiger partial charge >= 0.3 is 0 Å². The Kier molecular flexibility index (Phi) is 3.34. The highest BCUT2D eigenvalue weighted by Crippen LogP contribution is 2.23. The highest BCUT2D eigenvalue weighted by molar-refractivity contribution is 6.08. The zero-order valence-corrected chi connectivity index (χ0v) is 10.4. The van der Waals surface area contributed by atoms with Gasteiger partial charge in [0.15, 0.2) is 0 Å². The van der Waals surface area contributed by atoms with Gasteiger partial charge in [-0.15, -0.1) is 0 Å². The van der Waals surface area contributed by atoms with Crippen LogP contribution < -0.4 is 5.32 Å². The SMILES string of the molecule is CC1(C)OCC/C(=N\O)c2ccccc2NC1=O. The largest absolute Gasteiger partial charge is 0.411 e. The Balaban J connectivity index is 2.46. The summed E-state index contributed by atoms with van der Waals surface area (Å²) in [6, 6.07) is 7.24. The Bertz CT molecular complexity index is 495. The molecule has 1 aromatic rings. The molecule has 18 heavy (non-hydrogen) atoms. The fraction of sp³-hybridized carbons (Fsp3) is 0.385. The molecule has 0 atom stereocenters. The Morgan fingerprint density at radius 2 is 2.11 bits per heavy atom. The molecule has 0 fully saturated rings. The molecule has 0 saturated heterocycles. The molecule has 0 radical (unpaired) electrons. The molecule has 0 unspecified atom stereocenters. The molecule has 1 aliphatic heterocycles. The van der Waals surface area contributed by atoms with Crippen LogP contribution in [0.1, 0.15) is 25.8 Å². The third-order valence-corrected chi connectivity index (χ3v) is 2.96. The maximum atomic E-state index is 12.1. The number of anilines is 1. The van der Waals surface area contributed by atoms with Crippen molar-refractivity contribution >= 4 is 17.3 Å². The Labute approximate surface area is 105 Å². The van der Waals surface area contributed by atoms with Crippen LogP contribution in [0.25, 0.3) is 0 Å². The fourth-order valence-electron chi connectivity index (χ4n) is 1.82. The second-order valence-corrected chi connectivity index (χ2v) is 4.66. The lowest BCUT2D eigenvalue weighted by Crippen LogP contribution is -2.39. The molecule has 5 nitrogen and oxygen atoms in total. The van der Waals surface area contributed by atoms with E-state index in [4.69, 9.17) is 9.94 Å². The molecule has 0 saturated carbocycles. The minimum atomic E-state index is -0.905. The van der Waals surface area contributed by atoms with E-state index in [0.717, 1.165) is 5.56 Å². The molecule has 0 bridgehead atoms. The maximum Gasteiger partial charge on any atom is 0.256 e. The Hall–Kier alpha value is -1.88. The number of amides is 1. The lowest BCUT2D eigenvalue weighted by molar-refractivity contribution is -0.136. The monoisotopic (exact) mass is 248 g/mol. The van der Waals surface area contributed by atoms with Gasteiger partial charge in [0, 0.05) is 12.0 Å². The summed E-state index contributed by atoms with van der Waals surface area (Å²) in [5.74, 6) is -0.214. The van der Waals surface area contributed by atoms with Crippen LogP contribution in [0.3, 0.4) is 0 Å². The van der Waals surface area contributed by atoms with Gasteiger partial charge in [-0.25, -0.2) is 0 Å². The molecule has 0 aromatic heterocycles. The van der Waals surface area contributed by atoms with Gasteiger partial charge in [-0.05, 0) is 19.9 Å². The van der Waals surface area contributed by atoms with E-state index in [1.165, 1.54) is 0 Å². The number of ether oxygens (including phenoxy) is 1. The predicted molar refractivity (Wildman–Crippen MR) is 68.0 cm³/mol. The highest BCUT2D eigenvalue weighted by Gasteiger charge is 2.30. The molecule has 2 rings (SSSR count). The minimum absolute atomic E-state index is 0.214. The number of nitrogens with one attached hydrogen (secondary N) is 1. The summed E-state index contributed by atoms with van der Waals surface area (Å²) in [6.45, 7) is 3.76. The molecule has 1 aromatic carbocycles. The van der Waals surface area contributed by atoms with Crippen molar-refractivity contribution in [2.45, 2.75) is 25.9 Å². The van der Waals surface area contributed by atoms with Crippen LogP contribution in [-0.2, 0) is 9.53 Å². The van der Waals surface area contributed by atoms with Gasteiger partial charge in [0.1, 0.15) is 5.60 Å². The van der Waals surface area contributed by atoms with Crippen LogP contribution in [0.5, 0.6) is 0 Å². The van der Waals surface area contributed by atoms with E-state index in [2.05, 4.69) is 10.5 Å². The lowest BCUT2D eigenvalue weighted by Gasteiger charge is -2.23. The van der Waals surface area contributed by atoms with Gasteiger partial charge in [0.05, 0.1) is 18.0 Å². The summed E-state index contributed by atoms with van der Waals surface area (Å²) >= 11 is 0. The number of oxime groups is 1. The van der Waals surface area contributed by atoms with Crippen LogP contribution in [0.15, 0.2) is 29.4 Å². The molecule has 1 aliphatic rings. The zero-order valence-electron chi connectivity index (χ0n) is 10.4. The van der Waals surface area contributed by atoms with Crippen molar-refractivity contribution in [3.8, 4) is 0 Å². The second kappa shape index (κ2) is 4.78. The number of rotatable bonds is 0. The number of hydrogen-bond acceptors (Lipinski definition) is 4. The first-order valence-electron chi connectivity index (χ1n) is 5.80. The number of para-hydroxylation sites is 1. The number of fused-ring (bicyclic) bond motifs is 1. The van der Waals surface area contributed by atoms with Crippen molar-refractivity contribution in [3.05, 3.63) is 29.8 Å². The third-order valence-electron chi connectivity index (χ3n) is 2.96. The molecular weight excluding hydrogens is 232 g/mol. The first-order valence-corrected chi connectivity index (χ1v) is 5.80. The van der Waals surface area contributed by atoms with Crippen molar-refractivity contribution in [2.24, 2.45) is 5.16 Å². The predicted octanol–water partition coefficient (Wildman–Crippen LogP) is 2.00. The maximum absolute atomic E-state index is 12.1. The first-order chi connectivity index (χ1) is 8.54.